The van der Waals surface area contributed by atoms with Crippen molar-refractivity contribution < 1.29 is 9.18 Å². The number of benzene rings is 1. The maximum atomic E-state index is 14.5. The van der Waals surface area contributed by atoms with Crippen LogP contribution in [0.3, 0.4) is 0 Å². The van der Waals surface area contributed by atoms with Crippen molar-refractivity contribution in [2.45, 2.75) is 39.8 Å². The highest BCUT2D eigenvalue weighted by molar-refractivity contribution is 5.74. The minimum atomic E-state index is -0.491. The number of anilines is 3. The van der Waals surface area contributed by atoms with Gasteiger partial charge in [-0.2, -0.15) is 0 Å². The molecular weight excluding hydrogens is 397 g/mol. The number of carbonyl (C=O) groups excluding carboxylic acids is 1. The lowest BCUT2D eigenvalue weighted by molar-refractivity contribution is -0.119. The lowest BCUT2D eigenvalue weighted by Gasteiger charge is -2.41. The summed E-state index contributed by atoms with van der Waals surface area (Å²) in [4.78, 5) is 26.1. The van der Waals surface area contributed by atoms with E-state index in [1.165, 1.54) is 13.1 Å². The van der Waals surface area contributed by atoms with E-state index >= 15 is 0 Å². The number of hydrogen-bond donors (Lipinski definition) is 2. The molecule has 0 radical (unpaired) electrons. The third-order valence-corrected chi connectivity index (χ3v) is 5.26. The van der Waals surface area contributed by atoms with Crippen molar-refractivity contribution >= 4 is 23.2 Å². The molecule has 0 spiro atoms. The van der Waals surface area contributed by atoms with Crippen LogP contribution in [-0.2, 0) is 4.79 Å². The minimum absolute atomic E-state index is 0.00512. The first-order valence-corrected chi connectivity index (χ1v) is 10.3. The third kappa shape index (κ3) is 4.35. The fourth-order valence-electron chi connectivity index (χ4n) is 3.84. The quantitative estimate of drug-likeness (QED) is 0.632. The lowest BCUT2D eigenvalue weighted by Crippen LogP contribution is -2.59. The minimum Gasteiger partial charge on any atom is -0.367 e. The Kier molecular flexibility index (Phi) is 5.58. The molecule has 2 aromatic heterocycles. The fourth-order valence-corrected chi connectivity index (χ4v) is 3.84. The van der Waals surface area contributed by atoms with Crippen LogP contribution in [0.4, 0.5) is 21.7 Å². The van der Waals surface area contributed by atoms with E-state index in [1.54, 1.807) is 6.20 Å². The molecule has 0 saturated carbocycles. The predicted molar refractivity (Wildman–Crippen MR) is 118 cm³/mol. The number of halogens is 1. The molecule has 4 rings (SSSR count). The number of hydrogen-bond acceptors (Lipinski definition) is 6. The van der Waals surface area contributed by atoms with Crippen molar-refractivity contribution in [1.29, 1.82) is 0 Å². The first kappa shape index (κ1) is 20.8. The monoisotopic (exact) mass is 423 g/mol. The summed E-state index contributed by atoms with van der Waals surface area (Å²) in [7, 11) is 0. The summed E-state index contributed by atoms with van der Waals surface area (Å²) in [5.41, 5.74) is 2.71. The molecule has 162 valence electrons. The molecular formula is C22H26FN7O. The van der Waals surface area contributed by atoms with Gasteiger partial charge in [-0.25, -0.2) is 19.3 Å². The zero-order chi connectivity index (χ0) is 22.1. The highest BCUT2D eigenvalue weighted by Gasteiger charge is 2.27. The van der Waals surface area contributed by atoms with Gasteiger partial charge in [-0.1, -0.05) is 0 Å². The second-order valence-corrected chi connectivity index (χ2v) is 8.02. The second kappa shape index (κ2) is 8.33. The molecule has 8 nitrogen and oxygen atoms in total. The number of aromatic nitrogens is 4. The molecule has 3 aromatic rings. The Bertz CT molecular complexity index is 1090. The van der Waals surface area contributed by atoms with Crippen LogP contribution in [0.1, 0.15) is 32.6 Å². The third-order valence-electron chi connectivity index (χ3n) is 5.26. The smallest absolute Gasteiger partial charge is 0.227 e. The van der Waals surface area contributed by atoms with Crippen molar-refractivity contribution in [1.82, 2.24) is 24.8 Å². The van der Waals surface area contributed by atoms with Crippen LogP contribution in [0, 0.1) is 12.7 Å². The Morgan fingerprint density at radius 3 is 2.52 bits per heavy atom. The van der Waals surface area contributed by atoms with Gasteiger partial charge >= 0.3 is 0 Å². The largest absolute Gasteiger partial charge is 0.367 e. The van der Waals surface area contributed by atoms with Crippen LogP contribution >= 0.6 is 0 Å². The van der Waals surface area contributed by atoms with Crippen molar-refractivity contribution in [2.75, 3.05) is 23.3 Å². The molecule has 1 aliphatic rings. The molecule has 2 N–H and O–H groups in total. The summed E-state index contributed by atoms with van der Waals surface area (Å²) in [5.74, 6) is 0.622. The molecule has 1 fully saturated rings. The molecule has 1 aromatic carbocycles. The Labute approximate surface area is 180 Å². The Balaban J connectivity index is 1.48. The van der Waals surface area contributed by atoms with Gasteiger partial charge in [-0.3, -0.25) is 4.79 Å². The normalized spacial score (nSPS) is 13.9. The summed E-state index contributed by atoms with van der Waals surface area (Å²) in [6.07, 6.45) is 2.81. The summed E-state index contributed by atoms with van der Waals surface area (Å²) < 4.78 is 16.5. The maximum Gasteiger partial charge on any atom is 0.227 e. The Hall–Kier alpha value is -3.49. The Morgan fingerprint density at radius 1 is 1.16 bits per heavy atom. The first-order chi connectivity index (χ1) is 14.8. The van der Waals surface area contributed by atoms with Gasteiger partial charge in [0, 0.05) is 37.4 Å². The van der Waals surface area contributed by atoms with E-state index in [2.05, 4.69) is 30.5 Å². The number of nitrogens with one attached hydrogen (secondary N) is 2. The highest BCUT2D eigenvalue weighted by atomic mass is 19.1. The van der Waals surface area contributed by atoms with E-state index in [0.717, 1.165) is 30.3 Å². The molecule has 1 saturated heterocycles. The topological polar surface area (TPSA) is 88.0 Å². The first-order valence-electron chi connectivity index (χ1n) is 10.3. The van der Waals surface area contributed by atoms with Crippen LogP contribution < -0.4 is 15.5 Å². The molecule has 3 heterocycles. The van der Waals surface area contributed by atoms with Gasteiger partial charge < -0.3 is 20.1 Å². The van der Waals surface area contributed by atoms with Gasteiger partial charge in [-0.15, -0.1) is 0 Å². The lowest BCUT2D eigenvalue weighted by atomic mass is 10.1. The van der Waals surface area contributed by atoms with E-state index < -0.39 is 5.82 Å². The van der Waals surface area contributed by atoms with E-state index in [-0.39, 0.29) is 23.7 Å². The van der Waals surface area contributed by atoms with Gasteiger partial charge in [0.05, 0.1) is 24.1 Å². The molecule has 9 heteroatoms. The van der Waals surface area contributed by atoms with Crippen molar-refractivity contribution in [3.05, 3.63) is 48.3 Å². The SMILES string of the molecule is CC(=O)NC1CN(c2ccc(Nc3ncc(F)c(-c4cnc(C)n4C(C)C)n3)cc2)C1. The summed E-state index contributed by atoms with van der Waals surface area (Å²) >= 11 is 0. The van der Waals surface area contributed by atoms with E-state index in [9.17, 15) is 9.18 Å². The number of amides is 1. The second-order valence-electron chi connectivity index (χ2n) is 8.02. The van der Waals surface area contributed by atoms with Gasteiger partial charge in [0.25, 0.3) is 0 Å². The summed E-state index contributed by atoms with van der Waals surface area (Å²) in [6, 6.07) is 8.17. The number of aryl methyl sites for hydroxylation is 1. The molecule has 31 heavy (non-hydrogen) atoms. The fraction of sp³-hybridized carbons (Fsp3) is 0.364. The van der Waals surface area contributed by atoms with Crippen LogP contribution in [0.5, 0.6) is 0 Å². The number of nitrogens with zero attached hydrogens (tertiary/aromatic N) is 5. The predicted octanol–water partition coefficient (Wildman–Crippen LogP) is 3.44. The van der Waals surface area contributed by atoms with Crippen molar-refractivity contribution in [3.63, 3.8) is 0 Å². The Morgan fingerprint density at radius 2 is 1.87 bits per heavy atom. The maximum absolute atomic E-state index is 14.5. The van der Waals surface area contributed by atoms with Gasteiger partial charge in [0.1, 0.15) is 11.5 Å². The highest BCUT2D eigenvalue weighted by Crippen LogP contribution is 2.27. The van der Waals surface area contributed by atoms with Crippen LogP contribution in [0.15, 0.2) is 36.7 Å². The standard InChI is InChI=1S/C22H26FN7O/c1-13(2)30-14(3)24-10-20(30)21-19(23)9-25-22(28-21)27-16-5-7-18(8-6-16)29-11-17(12-29)26-15(4)31/h5-10,13,17H,11-12H2,1-4H3,(H,26,31)(H,25,27,28). The number of imidazole rings is 1. The van der Waals surface area contributed by atoms with E-state index in [4.69, 9.17) is 0 Å². The zero-order valence-corrected chi connectivity index (χ0v) is 18.1. The van der Waals surface area contributed by atoms with Gasteiger partial charge in [-0.05, 0) is 45.0 Å². The van der Waals surface area contributed by atoms with Crippen molar-refractivity contribution in [3.8, 4) is 11.4 Å². The van der Waals surface area contributed by atoms with Crippen LogP contribution in [0.25, 0.3) is 11.4 Å². The van der Waals surface area contributed by atoms with Gasteiger partial charge in [0.15, 0.2) is 5.82 Å². The number of rotatable bonds is 6. The number of carbonyl (C=O) groups is 1. The van der Waals surface area contributed by atoms with E-state index in [1.807, 2.05) is 49.6 Å². The van der Waals surface area contributed by atoms with Gasteiger partial charge in [0.2, 0.25) is 11.9 Å². The zero-order valence-electron chi connectivity index (χ0n) is 18.1. The summed E-state index contributed by atoms with van der Waals surface area (Å²) in [6.45, 7) is 9.05. The molecule has 0 bridgehead atoms. The average molecular weight is 423 g/mol. The molecule has 0 aliphatic carbocycles. The van der Waals surface area contributed by atoms with E-state index in [0.29, 0.717) is 11.6 Å². The van der Waals surface area contributed by atoms with Crippen molar-refractivity contribution in [2.24, 2.45) is 0 Å². The average Bonchev–Trinajstić information content (AvgIpc) is 3.08. The molecule has 1 amide bonds. The summed E-state index contributed by atoms with van der Waals surface area (Å²) in [5, 5.41) is 6.05. The van der Waals surface area contributed by atoms with Crippen LogP contribution in [-0.4, -0.2) is 44.6 Å². The van der Waals surface area contributed by atoms with Crippen LogP contribution in [0.2, 0.25) is 0 Å². The molecule has 0 unspecified atom stereocenters. The molecule has 1 aliphatic heterocycles. The molecule has 0 atom stereocenters.